The highest BCUT2D eigenvalue weighted by molar-refractivity contribution is 7.18. The van der Waals surface area contributed by atoms with Crippen LogP contribution in [0, 0.1) is 25.2 Å². The summed E-state index contributed by atoms with van der Waals surface area (Å²) < 4.78 is 1.19. The van der Waals surface area contributed by atoms with E-state index in [1.165, 1.54) is 16.0 Å². The smallest absolute Gasteiger partial charge is 0.239 e. The lowest BCUT2D eigenvalue weighted by Crippen LogP contribution is -2.39. The lowest BCUT2D eigenvalue weighted by atomic mass is 10.0. The van der Waals surface area contributed by atoms with Gasteiger partial charge >= 0.3 is 0 Å². The number of anilines is 1. The number of thiazole rings is 1. The van der Waals surface area contributed by atoms with Crippen molar-refractivity contribution < 1.29 is 4.79 Å². The number of para-hydroxylation sites is 1. The molecule has 2 aromatic heterocycles. The van der Waals surface area contributed by atoms with Gasteiger partial charge in [-0.25, -0.2) is 4.98 Å². The molecule has 3 heterocycles. The fourth-order valence-corrected chi connectivity index (χ4v) is 5.86. The van der Waals surface area contributed by atoms with Gasteiger partial charge < -0.3 is 5.32 Å². The standard InChI is InChI=1S/C21H22N4OS2/c1-13-14(2)27-20(15(13)11-22)24-19(26)12-25-10-6-5-8-17(25)21-23-16-7-3-4-9-18(16)28-21/h3-4,7,9,17H,5-6,8,10,12H2,1-2H3,(H,24,26). The van der Waals surface area contributed by atoms with Gasteiger partial charge in [0.1, 0.15) is 16.1 Å². The molecule has 1 saturated heterocycles. The summed E-state index contributed by atoms with van der Waals surface area (Å²) in [6.45, 7) is 5.11. The van der Waals surface area contributed by atoms with Crippen molar-refractivity contribution in [1.82, 2.24) is 9.88 Å². The van der Waals surface area contributed by atoms with Crippen LogP contribution in [-0.4, -0.2) is 28.9 Å². The van der Waals surface area contributed by atoms with Crippen LogP contribution in [0.4, 0.5) is 5.00 Å². The van der Waals surface area contributed by atoms with Crippen LogP contribution in [0.25, 0.3) is 10.2 Å². The zero-order valence-electron chi connectivity index (χ0n) is 16.0. The maximum atomic E-state index is 12.7. The Labute approximate surface area is 172 Å². The zero-order valence-corrected chi connectivity index (χ0v) is 17.6. The van der Waals surface area contributed by atoms with Crippen LogP contribution in [0.5, 0.6) is 0 Å². The number of nitriles is 1. The minimum atomic E-state index is -0.0641. The molecule has 4 rings (SSSR count). The van der Waals surface area contributed by atoms with Gasteiger partial charge in [-0.1, -0.05) is 18.6 Å². The lowest BCUT2D eigenvalue weighted by Gasteiger charge is -2.33. The number of fused-ring (bicyclic) bond motifs is 1. The number of nitrogens with one attached hydrogen (secondary N) is 1. The Morgan fingerprint density at radius 1 is 1.32 bits per heavy atom. The number of benzene rings is 1. The fourth-order valence-electron chi connectivity index (χ4n) is 3.69. The first kappa shape index (κ1) is 19.1. The molecule has 1 fully saturated rings. The van der Waals surface area contributed by atoms with Gasteiger partial charge in [-0.2, -0.15) is 5.26 Å². The maximum absolute atomic E-state index is 12.7. The molecular weight excluding hydrogens is 388 g/mol. The Bertz CT molecular complexity index is 1030. The topological polar surface area (TPSA) is 69.0 Å². The number of rotatable bonds is 4. The highest BCUT2D eigenvalue weighted by Gasteiger charge is 2.28. The second-order valence-corrected chi connectivity index (χ2v) is 9.44. The van der Waals surface area contributed by atoms with Crippen LogP contribution < -0.4 is 5.32 Å². The third kappa shape index (κ3) is 3.68. The number of aryl methyl sites for hydroxylation is 1. The average Bonchev–Trinajstić information content (AvgIpc) is 3.23. The van der Waals surface area contributed by atoms with E-state index in [4.69, 9.17) is 4.98 Å². The van der Waals surface area contributed by atoms with Gasteiger partial charge in [0.2, 0.25) is 5.91 Å². The van der Waals surface area contributed by atoms with Gasteiger partial charge in [-0.15, -0.1) is 22.7 Å². The van der Waals surface area contributed by atoms with Crippen molar-refractivity contribution in [2.75, 3.05) is 18.4 Å². The molecule has 1 amide bonds. The second-order valence-electron chi connectivity index (χ2n) is 7.15. The molecule has 1 unspecified atom stereocenters. The highest BCUT2D eigenvalue weighted by atomic mass is 32.1. The van der Waals surface area contributed by atoms with E-state index in [0.717, 1.165) is 46.8 Å². The zero-order chi connectivity index (χ0) is 19.7. The SMILES string of the molecule is Cc1sc(NC(=O)CN2CCCCC2c2nc3ccccc3s2)c(C#N)c1C. The van der Waals surface area contributed by atoms with Gasteiger partial charge in [0.05, 0.1) is 28.4 Å². The summed E-state index contributed by atoms with van der Waals surface area (Å²) in [7, 11) is 0. The van der Waals surface area contributed by atoms with Gasteiger partial charge in [0.15, 0.2) is 0 Å². The highest BCUT2D eigenvalue weighted by Crippen LogP contribution is 2.36. The van der Waals surface area contributed by atoms with Crippen molar-refractivity contribution in [2.45, 2.75) is 39.2 Å². The summed E-state index contributed by atoms with van der Waals surface area (Å²) in [6.07, 6.45) is 3.27. The molecule has 1 aliphatic rings. The largest absolute Gasteiger partial charge is 0.315 e. The van der Waals surface area contributed by atoms with E-state index in [-0.39, 0.29) is 11.9 Å². The molecule has 0 bridgehead atoms. The molecule has 1 atom stereocenters. The van der Waals surface area contributed by atoms with Crippen LogP contribution in [0.1, 0.15) is 46.3 Å². The summed E-state index contributed by atoms with van der Waals surface area (Å²) in [5.41, 5.74) is 2.56. The molecule has 1 N–H and O–H groups in total. The molecule has 0 aliphatic carbocycles. The van der Waals surface area contributed by atoms with Crippen molar-refractivity contribution in [3.63, 3.8) is 0 Å². The van der Waals surface area contributed by atoms with E-state index in [0.29, 0.717) is 17.1 Å². The number of hydrogen-bond acceptors (Lipinski definition) is 6. The minimum Gasteiger partial charge on any atom is -0.315 e. The van der Waals surface area contributed by atoms with Gasteiger partial charge in [0, 0.05) is 4.88 Å². The van der Waals surface area contributed by atoms with E-state index in [1.807, 2.05) is 32.0 Å². The Kier molecular flexibility index (Phi) is 5.44. The molecule has 144 valence electrons. The quantitative estimate of drug-likeness (QED) is 0.656. The number of piperidine rings is 1. The molecule has 0 radical (unpaired) electrons. The van der Waals surface area contributed by atoms with E-state index in [2.05, 4.69) is 22.4 Å². The Morgan fingerprint density at radius 2 is 2.14 bits per heavy atom. The molecule has 7 heteroatoms. The van der Waals surface area contributed by atoms with E-state index in [9.17, 15) is 10.1 Å². The van der Waals surface area contributed by atoms with Gasteiger partial charge in [-0.3, -0.25) is 9.69 Å². The number of aromatic nitrogens is 1. The molecule has 1 aliphatic heterocycles. The first-order chi connectivity index (χ1) is 13.6. The van der Waals surface area contributed by atoms with Crippen LogP contribution in [0.2, 0.25) is 0 Å². The maximum Gasteiger partial charge on any atom is 0.239 e. The van der Waals surface area contributed by atoms with Crippen LogP contribution in [-0.2, 0) is 4.79 Å². The third-order valence-corrected chi connectivity index (χ3v) is 7.57. The van der Waals surface area contributed by atoms with Crippen molar-refractivity contribution >= 4 is 43.8 Å². The summed E-state index contributed by atoms with van der Waals surface area (Å²) in [4.78, 5) is 20.9. The van der Waals surface area contributed by atoms with E-state index >= 15 is 0 Å². The summed E-state index contributed by atoms with van der Waals surface area (Å²) in [6, 6.07) is 10.6. The lowest BCUT2D eigenvalue weighted by molar-refractivity contribution is -0.118. The van der Waals surface area contributed by atoms with Crippen molar-refractivity contribution in [3.8, 4) is 6.07 Å². The average molecular weight is 411 g/mol. The number of hydrogen-bond donors (Lipinski definition) is 1. The number of nitrogens with zero attached hydrogens (tertiary/aromatic N) is 3. The minimum absolute atomic E-state index is 0.0641. The van der Waals surface area contributed by atoms with Crippen LogP contribution in [0.3, 0.4) is 0 Å². The summed E-state index contributed by atoms with van der Waals surface area (Å²) >= 11 is 3.20. The Hall–Kier alpha value is -2.27. The third-order valence-electron chi connectivity index (χ3n) is 5.31. The van der Waals surface area contributed by atoms with Crippen LogP contribution >= 0.6 is 22.7 Å². The molecule has 0 spiro atoms. The molecule has 5 nitrogen and oxygen atoms in total. The Balaban J connectivity index is 1.51. The summed E-state index contributed by atoms with van der Waals surface area (Å²) in [5.74, 6) is -0.0641. The predicted octanol–water partition coefficient (Wildman–Crippen LogP) is 5.01. The fraction of sp³-hybridized carbons (Fsp3) is 0.381. The molecule has 0 saturated carbocycles. The number of carbonyl (C=O) groups is 1. The number of thiophene rings is 1. The molecule has 28 heavy (non-hydrogen) atoms. The Morgan fingerprint density at radius 3 is 2.93 bits per heavy atom. The first-order valence-electron chi connectivity index (χ1n) is 9.46. The van der Waals surface area contributed by atoms with Crippen molar-refractivity contribution in [3.05, 3.63) is 45.3 Å². The normalized spacial score (nSPS) is 17.5. The van der Waals surface area contributed by atoms with Gasteiger partial charge in [-0.05, 0) is 50.9 Å². The van der Waals surface area contributed by atoms with Crippen molar-refractivity contribution in [2.24, 2.45) is 0 Å². The number of likely N-dealkylation sites (tertiary alicyclic amines) is 1. The van der Waals surface area contributed by atoms with E-state index < -0.39 is 0 Å². The van der Waals surface area contributed by atoms with Crippen molar-refractivity contribution in [1.29, 1.82) is 5.26 Å². The van der Waals surface area contributed by atoms with E-state index in [1.54, 1.807) is 11.3 Å². The predicted molar refractivity (Wildman–Crippen MR) is 115 cm³/mol. The molecular formula is C21H22N4OS2. The number of carbonyl (C=O) groups excluding carboxylic acids is 1. The summed E-state index contributed by atoms with van der Waals surface area (Å²) in [5, 5.41) is 14.1. The van der Waals surface area contributed by atoms with Crippen LogP contribution in [0.15, 0.2) is 24.3 Å². The monoisotopic (exact) mass is 410 g/mol. The first-order valence-corrected chi connectivity index (χ1v) is 11.1. The van der Waals surface area contributed by atoms with Gasteiger partial charge in [0.25, 0.3) is 0 Å². The second kappa shape index (κ2) is 8.00. The number of amides is 1. The molecule has 1 aromatic carbocycles. The molecule has 3 aromatic rings.